The molecule has 0 aliphatic rings. The maximum Gasteiger partial charge on any atom is 0.232 e. The minimum absolute atomic E-state index is 0.138. The monoisotopic (exact) mass is 316 g/mol. The number of rotatable bonds is 6. The highest BCUT2D eigenvalue weighted by Gasteiger charge is 2.10. The Morgan fingerprint density at radius 1 is 1.47 bits per heavy atom. The average molecular weight is 317 g/mol. The van der Waals surface area contributed by atoms with Crippen LogP contribution < -0.4 is 5.73 Å². The zero-order valence-corrected chi connectivity index (χ0v) is 12.3. The van der Waals surface area contributed by atoms with E-state index in [9.17, 15) is 4.79 Å². The summed E-state index contributed by atoms with van der Waals surface area (Å²) in [6, 6.07) is 7.94. The number of carbonyl (C=O) groups is 1. The molecule has 0 aromatic heterocycles. The van der Waals surface area contributed by atoms with Crippen molar-refractivity contribution in [2.75, 3.05) is 25.1 Å². The second-order valence-corrected chi connectivity index (χ2v) is 5.64. The number of benzene rings is 1. The van der Waals surface area contributed by atoms with Gasteiger partial charge in [0.25, 0.3) is 0 Å². The molecular weight excluding hydrogens is 300 g/mol. The molecule has 0 unspecified atom stereocenters. The summed E-state index contributed by atoms with van der Waals surface area (Å²) in [5.74, 6) is 1.46. The van der Waals surface area contributed by atoms with Crippen LogP contribution in [-0.4, -0.2) is 35.9 Å². The number of halogens is 1. The van der Waals surface area contributed by atoms with Crippen molar-refractivity contribution in [3.05, 3.63) is 34.3 Å². The minimum Gasteiger partial charge on any atom is -0.341 e. The van der Waals surface area contributed by atoms with Gasteiger partial charge < -0.3 is 10.6 Å². The molecule has 0 atom stereocenters. The smallest absolute Gasteiger partial charge is 0.232 e. The summed E-state index contributed by atoms with van der Waals surface area (Å²) in [7, 11) is 1.82. The van der Waals surface area contributed by atoms with Gasteiger partial charge in [-0.05, 0) is 11.6 Å². The molecule has 0 bridgehead atoms. The van der Waals surface area contributed by atoms with E-state index in [2.05, 4.69) is 15.9 Å². The van der Waals surface area contributed by atoms with E-state index in [4.69, 9.17) is 5.73 Å². The Bertz CT molecular complexity index is 373. The molecule has 0 spiro atoms. The predicted octanol–water partition coefficient (Wildman–Crippen LogP) is 2.10. The fourth-order valence-electron chi connectivity index (χ4n) is 1.32. The Morgan fingerprint density at radius 2 is 2.18 bits per heavy atom. The van der Waals surface area contributed by atoms with E-state index in [0.717, 1.165) is 15.8 Å². The zero-order valence-electron chi connectivity index (χ0n) is 9.86. The summed E-state index contributed by atoms with van der Waals surface area (Å²) in [4.78, 5) is 13.5. The van der Waals surface area contributed by atoms with Gasteiger partial charge in [-0.25, -0.2) is 0 Å². The van der Waals surface area contributed by atoms with Crippen LogP contribution in [0.2, 0.25) is 0 Å². The van der Waals surface area contributed by atoms with Crippen molar-refractivity contribution in [1.82, 2.24) is 4.90 Å². The van der Waals surface area contributed by atoms with E-state index < -0.39 is 0 Å². The number of hydrogen-bond donors (Lipinski definition) is 1. The molecule has 0 radical (unpaired) electrons. The number of nitrogens with two attached hydrogens (primary N) is 1. The first-order chi connectivity index (χ1) is 8.15. The molecule has 0 aliphatic carbocycles. The maximum absolute atomic E-state index is 11.8. The van der Waals surface area contributed by atoms with Crippen LogP contribution in [0.1, 0.15) is 5.56 Å². The first-order valence-corrected chi connectivity index (χ1v) is 7.35. The second kappa shape index (κ2) is 7.74. The summed E-state index contributed by atoms with van der Waals surface area (Å²) in [6.07, 6.45) is 0. The van der Waals surface area contributed by atoms with Gasteiger partial charge in [0.2, 0.25) is 5.91 Å². The van der Waals surface area contributed by atoms with Crippen LogP contribution in [0.4, 0.5) is 0 Å². The molecule has 0 saturated carbocycles. The molecule has 0 saturated heterocycles. The van der Waals surface area contributed by atoms with E-state index in [1.54, 1.807) is 16.7 Å². The van der Waals surface area contributed by atoms with Crippen LogP contribution in [0.3, 0.4) is 0 Å². The van der Waals surface area contributed by atoms with Gasteiger partial charge in [-0.15, -0.1) is 0 Å². The Morgan fingerprint density at radius 3 is 2.82 bits per heavy atom. The van der Waals surface area contributed by atoms with Crippen LogP contribution in [0.15, 0.2) is 28.7 Å². The topological polar surface area (TPSA) is 46.3 Å². The fourth-order valence-corrected chi connectivity index (χ4v) is 2.44. The SMILES string of the molecule is CN(Cc1ccccc1Br)C(=O)CSCCN. The molecule has 1 aromatic rings. The van der Waals surface area contributed by atoms with Gasteiger partial charge in [-0.3, -0.25) is 4.79 Å². The summed E-state index contributed by atoms with van der Waals surface area (Å²) >= 11 is 5.05. The van der Waals surface area contributed by atoms with Crippen LogP contribution in [0.5, 0.6) is 0 Å². The molecule has 1 aromatic carbocycles. The molecule has 0 fully saturated rings. The average Bonchev–Trinajstić information content (AvgIpc) is 2.32. The van der Waals surface area contributed by atoms with Crippen molar-refractivity contribution in [1.29, 1.82) is 0 Å². The number of amides is 1. The van der Waals surface area contributed by atoms with Crippen LogP contribution in [0, 0.1) is 0 Å². The Labute approximate surface area is 115 Å². The highest BCUT2D eigenvalue weighted by molar-refractivity contribution is 9.10. The van der Waals surface area contributed by atoms with Gasteiger partial charge in [-0.1, -0.05) is 34.1 Å². The molecule has 1 rings (SSSR count). The Hall–Kier alpha value is -0.520. The van der Waals surface area contributed by atoms with E-state index in [-0.39, 0.29) is 5.91 Å². The molecule has 1 amide bonds. The molecule has 0 heterocycles. The lowest BCUT2D eigenvalue weighted by molar-refractivity contribution is -0.127. The van der Waals surface area contributed by atoms with Crippen molar-refractivity contribution < 1.29 is 4.79 Å². The summed E-state index contributed by atoms with van der Waals surface area (Å²) in [5.41, 5.74) is 6.50. The van der Waals surface area contributed by atoms with E-state index >= 15 is 0 Å². The van der Waals surface area contributed by atoms with Crippen LogP contribution in [0.25, 0.3) is 0 Å². The summed E-state index contributed by atoms with van der Waals surface area (Å²) in [5, 5.41) is 0. The third kappa shape index (κ3) is 5.10. The molecule has 5 heteroatoms. The van der Waals surface area contributed by atoms with Gasteiger partial charge >= 0.3 is 0 Å². The first kappa shape index (κ1) is 14.5. The normalized spacial score (nSPS) is 10.3. The molecule has 94 valence electrons. The molecule has 3 nitrogen and oxygen atoms in total. The molecule has 17 heavy (non-hydrogen) atoms. The van der Waals surface area contributed by atoms with Crippen molar-refractivity contribution in [3.8, 4) is 0 Å². The first-order valence-electron chi connectivity index (χ1n) is 5.40. The number of nitrogens with zero attached hydrogens (tertiary/aromatic N) is 1. The van der Waals surface area contributed by atoms with Crippen LogP contribution in [-0.2, 0) is 11.3 Å². The van der Waals surface area contributed by atoms with E-state index in [1.165, 1.54) is 0 Å². The van der Waals surface area contributed by atoms with Gasteiger partial charge in [0.05, 0.1) is 5.75 Å². The largest absolute Gasteiger partial charge is 0.341 e. The van der Waals surface area contributed by atoms with Crippen molar-refractivity contribution in [3.63, 3.8) is 0 Å². The quantitative estimate of drug-likeness (QED) is 0.817. The molecule has 2 N–H and O–H groups in total. The van der Waals surface area contributed by atoms with Gasteiger partial charge in [0.15, 0.2) is 0 Å². The lowest BCUT2D eigenvalue weighted by Crippen LogP contribution is -2.28. The second-order valence-electron chi connectivity index (χ2n) is 3.68. The predicted molar refractivity (Wildman–Crippen MR) is 77.0 cm³/mol. The number of hydrogen-bond acceptors (Lipinski definition) is 3. The van der Waals surface area contributed by atoms with Crippen molar-refractivity contribution in [2.24, 2.45) is 5.73 Å². The standard InChI is InChI=1S/C12H17BrN2OS/c1-15(12(16)9-17-7-6-14)8-10-4-2-3-5-11(10)13/h2-5H,6-9,14H2,1H3. The molecular formula is C12H17BrN2OS. The minimum atomic E-state index is 0.138. The third-order valence-corrected chi connectivity index (χ3v) is 4.03. The van der Waals surface area contributed by atoms with E-state index in [0.29, 0.717) is 18.8 Å². The Kier molecular flexibility index (Phi) is 6.62. The van der Waals surface area contributed by atoms with Gasteiger partial charge in [0.1, 0.15) is 0 Å². The van der Waals surface area contributed by atoms with E-state index in [1.807, 2.05) is 31.3 Å². The lowest BCUT2D eigenvalue weighted by atomic mass is 10.2. The zero-order chi connectivity index (χ0) is 12.7. The number of thioether (sulfide) groups is 1. The molecule has 0 aliphatic heterocycles. The maximum atomic E-state index is 11.8. The van der Waals surface area contributed by atoms with Crippen molar-refractivity contribution in [2.45, 2.75) is 6.54 Å². The highest BCUT2D eigenvalue weighted by atomic mass is 79.9. The summed E-state index contributed by atoms with van der Waals surface area (Å²) in [6.45, 7) is 1.25. The van der Waals surface area contributed by atoms with Gasteiger partial charge in [0, 0.05) is 30.4 Å². The fraction of sp³-hybridized carbons (Fsp3) is 0.417. The highest BCUT2D eigenvalue weighted by Crippen LogP contribution is 2.17. The summed E-state index contributed by atoms with van der Waals surface area (Å²) < 4.78 is 1.04. The van der Waals surface area contributed by atoms with Gasteiger partial charge in [-0.2, -0.15) is 11.8 Å². The Balaban J connectivity index is 2.46. The lowest BCUT2D eigenvalue weighted by Gasteiger charge is -2.17. The van der Waals surface area contributed by atoms with Crippen LogP contribution >= 0.6 is 27.7 Å². The third-order valence-electron chi connectivity index (χ3n) is 2.28. The number of carbonyl (C=O) groups excluding carboxylic acids is 1. The van der Waals surface area contributed by atoms with Crippen molar-refractivity contribution >= 4 is 33.6 Å².